The topological polar surface area (TPSA) is 62.7 Å². The number of thiazole rings is 1. The Morgan fingerprint density at radius 2 is 1.84 bits per heavy atom. The molecule has 0 N–H and O–H groups in total. The minimum absolute atomic E-state index is 0.158. The van der Waals surface area contributed by atoms with Crippen molar-refractivity contribution in [3.05, 3.63) is 69.1 Å². The lowest BCUT2D eigenvalue weighted by molar-refractivity contribution is 0.384. The lowest BCUT2D eigenvalue weighted by atomic mass is 10.1. The molecule has 0 saturated carbocycles. The second kappa shape index (κ2) is 9.34. The first kappa shape index (κ1) is 22.4. The highest BCUT2D eigenvalue weighted by molar-refractivity contribution is 7.89. The summed E-state index contributed by atoms with van der Waals surface area (Å²) in [6.07, 6.45) is 0.722. The van der Waals surface area contributed by atoms with Crippen LogP contribution in [0.3, 0.4) is 0 Å². The number of hydrogen-bond donors (Lipinski definition) is 0. The minimum Gasteiger partial charge on any atom is -0.497 e. The molecule has 31 heavy (non-hydrogen) atoms. The van der Waals surface area contributed by atoms with Crippen molar-refractivity contribution in [2.24, 2.45) is 0 Å². The van der Waals surface area contributed by atoms with Crippen LogP contribution >= 0.6 is 34.5 Å². The predicted molar refractivity (Wildman–Crippen MR) is 125 cm³/mol. The second-order valence-corrected chi connectivity index (χ2v) is 10.7. The van der Waals surface area contributed by atoms with Gasteiger partial charge in [0.1, 0.15) is 5.75 Å². The standard InChI is InChI=1S/C21H21Cl2N3O3S2/c1-29-17-4-2-3-15(12-17)11-16-14-30-21(24-16)25-7-9-26(10-8-25)31(27,28)18-5-6-19(22)20(23)13-18/h2-6,12-14H,7-11H2,1H3. The Hall–Kier alpha value is -1.84. The molecule has 1 saturated heterocycles. The highest BCUT2D eigenvalue weighted by Gasteiger charge is 2.29. The van der Waals surface area contributed by atoms with E-state index in [0.717, 1.165) is 28.6 Å². The van der Waals surface area contributed by atoms with Crippen molar-refractivity contribution in [1.82, 2.24) is 9.29 Å². The molecule has 4 rings (SSSR count). The van der Waals surface area contributed by atoms with Crippen LogP contribution in [-0.4, -0.2) is 51.0 Å². The molecule has 6 nitrogen and oxygen atoms in total. The van der Waals surface area contributed by atoms with Gasteiger partial charge >= 0.3 is 0 Å². The molecule has 3 aromatic rings. The van der Waals surface area contributed by atoms with E-state index in [1.807, 2.05) is 29.6 Å². The van der Waals surface area contributed by atoms with Gasteiger partial charge in [-0.05, 0) is 35.9 Å². The van der Waals surface area contributed by atoms with Gasteiger partial charge in [-0.3, -0.25) is 0 Å². The summed E-state index contributed by atoms with van der Waals surface area (Å²) in [5, 5.41) is 3.52. The minimum atomic E-state index is -3.61. The van der Waals surface area contributed by atoms with Crippen LogP contribution in [0.25, 0.3) is 0 Å². The molecule has 1 fully saturated rings. The Kier molecular flexibility index (Phi) is 6.74. The lowest BCUT2D eigenvalue weighted by Gasteiger charge is -2.33. The van der Waals surface area contributed by atoms with E-state index in [1.165, 1.54) is 22.5 Å². The lowest BCUT2D eigenvalue weighted by Crippen LogP contribution is -2.48. The summed E-state index contributed by atoms with van der Waals surface area (Å²) in [5.74, 6) is 0.826. The van der Waals surface area contributed by atoms with E-state index >= 15 is 0 Å². The van der Waals surface area contributed by atoms with E-state index in [2.05, 4.69) is 4.90 Å². The van der Waals surface area contributed by atoms with Crippen molar-refractivity contribution in [2.45, 2.75) is 11.3 Å². The zero-order chi connectivity index (χ0) is 22.0. The van der Waals surface area contributed by atoms with E-state index in [1.54, 1.807) is 18.4 Å². The average molecular weight is 498 g/mol. The molecule has 0 unspecified atom stereocenters. The van der Waals surface area contributed by atoms with Crippen LogP contribution in [0.1, 0.15) is 11.3 Å². The van der Waals surface area contributed by atoms with Crippen molar-refractivity contribution in [3.8, 4) is 5.75 Å². The molecule has 164 valence electrons. The van der Waals surface area contributed by atoms with Gasteiger partial charge in [-0.1, -0.05) is 35.3 Å². The van der Waals surface area contributed by atoms with Gasteiger partial charge in [0.15, 0.2) is 5.13 Å². The third-order valence-corrected chi connectivity index (χ3v) is 8.68. The smallest absolute Gasteiger partial charge is 0.243 e. The number of benzene rings is 2. The number of aromatic nitrogens is 1. The Labute approximate surface area is 196 Å². The van der Waals surface area contributed by atoms with Crippen LogP contribution in [-0.2, 0) is 16.4 Å². The van der Waals surface area contributed by atoms with Crippen LogP contribution in [0.15, 0.2) is 52.7 Å². The Bertz CT molecular complexity index is 1180. The number of nitrogens with zero attached hydrogens (tertiary/aromatic N) is 3. The first-order valence-electron chi connectivity index (χ1n) is 9.64. The maximum atomic E-state index is 12.9. The second-order valence-electron chi connectivity index (χ2n) is 7.12. The number of hydrogen-bond acceptors (Lipinski definition) is 6. The van der Waals surface area contributed by atoms with Gasteiger partial charge in [0.05, 0.1) is 27.7 Å². The molecule has 1 aliphatic heterocycles. The van der Waals surface area contributed by atoms with Crippen molar-refractivity contribution < 1.29 is 13.2 Å². The Morgan fingerprint density at radius 1 is 1.06 bits per heavy atom. The highest BCUT2D eigenvalue weighted by atomic mass is 35.5. The van der Waals surface area contributed by atoms with E-state index in [-0.39, 0.29) is 9.92 Å². The third kappa shape index (κ3) is 4.99. The van der Waals surface area contributed by atoms with Crippen LogP contribution in [0.4, 0.5) is 5.13 Å². The fourth-order valence-corrected chi connectivity index (χ4v) is 6.11. The summed E-state index contributed by atoms with van der Waals surface area (Å²) >= 11 is 13.5. The number of sulfonamides is 1. The molecule has 0 spiro atoms. The maximum Gasteiger partial charge on any atom is 0.243 e. The van der Waals surface area contributed by atoms with Gasteiger partial charge in [0.2, 0.25) is 10.0 Å². The van der Waals surface area contributed by atoms with Crippen LogP contribution in [0.5, 0.6) is 5.75 Å². The summed E-state index contributed by atoms with van der Waals surface area (Å²) in [6, 6.07) is 12.3. The molecule has 0 amide bonds. The summed E-state index contributed by atoms with van der Waals surface area (Å²) in [4.78, 5) is 7.04. The zero-order valence-corrected chi connectivity index (χ0v) is 19.9. The molecular formula is C21H21Cl2N3O3S2. The molecule has 0 radical (unpaired) electrons. The Balaban J connectivity index is 1.40. The van der Waals surface area contributed by atoms with E-state index < -0.39 is 10.0 Å². The van der Waals surface area contributed by atoms with Crippen LogP contribution in [0, 0.1) is 0 Å². The largest absolute Gasteiger partial charge is 0.497 e. The first-order valence-corrected chi connectivity index (χ1v) is 12.7. The Morgan fingerprint density at radius 3 is 2.55 bits per heavy atom. The summed E-state index contributed by atoms with van der Waals surface area (Å²) < 4.78 is 32.6. The fraction of sp³-hybridized carbons (Fsp3) is 0.286. The van der Waals surface area contributed by atoms with Crippen molar-refractivity contribution in [1.29, 1.82) is 0 Å². The van der Waals surface area contributed by atoms with E-state index in [9.17, 15) is 8.42 Å². The van der Waals surface area contributed by atoms with Crippen molar-refractivity contribution in [3.63, 3.8) is 0 Å². The molecule has 10 heteroatoms. The fourth-order valence-electron chi connectivity index (χ4n) is 3.42. The predicted octanol–water partition coefficient (Wildman–Crippen LogP) is 4.56. The van der Waals surface area contributed by atoms with E-state index in [0.29, 0.717) is 31.2 Å². The number of anilines is 1. The summed E-state index contributed by atoms with van der Waals surface area (Å²) in [5.41, 5.74) is 2.12. The van der Waals surface area contributed by atoms with Crippen molar-refractivity contribution in [2.75, 3.05) is 38.2 Å². The quantitative estimate of drug-likeness (QED) is 0.499. The summed E-state index contributed by atoms with van der Waals surface area (Å²) in [7, 11) is -1.96. The summed E-state index contributed by atoms with van der Waals surface area (Å²) in [6.45, 7) is 1.92. The molecule has 2 aromatic carbocycles. The molecule has 0 bridgehead atoms. The number of piperazine rings is 1. The average Bonchev–Trinajstić information content (AvgIpc) is 3.24. The van der Waals surface area contributed by atoms with Gasteiger partial charge in [-0.15, -0.1) is 11.3 Å². The third-order valence-electron chi connectivity index (χ3n) is 5.10. The maximum absolute atomic E-state index is 12.9. The molecule has 2 heterocycles. The normalized spacial score (nSPS) is 15.3. The van der Waals surface area contributed by atoms with Gasteiger partial charge in [-0.2, -0.15) is 4.31 Å². The van der Waals surface area contributed by atoms with Crippen LogP contribution in [0.2, 0.25) is 10.0 Å². The molecule has 1 aliphatic rings. The van der Waals surface area contributed by atoms with Crippen molar-refractivity contribution >= 4 is 49.7 Å². The van der Waals surface area contributed by atoms with Gasteiger partial charge in [-0.25, -0.2) is 13.4 Å². The molecule has 1 aromatic heterocycles. The van der Waals surface area contributed by atoms with Gasteiger partial charge < -0.3 is 9.64 Å². The monoisotopic (exact) mass is 497 g/mol. The first-order chi connectivity index (χ1) is 14.9. The highest BCUT2D eigenvalue weighted by Crippen LogP contribution is 2.28. The number of rotatable bonds is 6. The number of methoxy groups -OCH3 is 1. The van der Waals surface area contributed by atoms with E-state index in [4.69, 9.17) is 32.9 Å². The van der Waals surface area contributed by atoms with Gasteiger partial charge in [0.25, 0.3) is 0 Å². The number of ether oxygens (including phenoxy) is 1. The van der Waals surface area contributed by atoms with Crippen LogP contribution < -0.4 is 9.64 Å². The van der Waals surface area contributed by atoms with Gasteiger partial charge in [0, 0.05) is 38.0 Å². The number of halogens is 2. The molecule has 0 atom stereocenters. The zero-order valence-electron chi connectivity index (χ0n) is 16.8. The molecule has 0 aliphatic carbocycles. The SMILES string of the molecule is COc1cccc(Cc2csc(N3CCN(S(=O)(=O)c4ccc(Cl)c(Cl)c4)CC3)n2)c1. The molecular weight excluding hydrogens is 477 g/mol.